The van der Waals surface area contributed by atoms with Crippen molar-refractivity contribution in [3.8, 4) is 11.5 Å². The van der Waals surface area contributed by atoms with Crippen molar-refractivity contribution in [2.45, 2.75) is 0 Å². The lowest BCUT2D eigenvalue weighted by molar-refractivity contribution is -0.394. The molecule has 140 valence electrons. The van der Waals surface area contributed by atoms with Crippen LogP contribution in [0.4, 0.5) is 17.1 Å². The third-order valence-corrected chi connectivity index (χ3v) is 3.74. The van der Waals surface area contributed by atoms with Crippen LogP contribution in [0.2, 0.25) is 0 Å². The molecule has 3 rings (SSSR count). The summed E-state index contributed by atoms with van der Waals surface area (Å²) in [5.74, 6) is 0.0999. The molecule has 0 spiro atoms. The number of para-hydroxylation sites is 3. The zero-order chi connectivity index (χ0) is 20.1. The van der Waals surface area contributed by atoms with Gasteiger partial charge >= 0.3 is 0 Å². The standard InChI is InChI=1S/C19H13N3O6/c23-19(15-11-10-13(21(24)25)12-17(15)22(26)27)20-16-8-4-5-9-18(16)28-14-6-2-1-3-7-14/h1-12H,(H,20,23). The first-order chi connectivity index (χ1) is 13.5. The van der Waals surface area contributed by atoms with E-state index in [4.69, 9.17) is 4.74 Å². The smallest absolute Gasteiger partial charge is 0.289 e. The number of nitrogens with zero attached hydrogens (tertiary/aromatic N) is 2. The number of amides is 1. The van der Waals surface area contributed by atoms with Gasteiger partial charge in [-0.1, -0.05) is 30.3 Å². The van der Waals surface area contributed by atoms with Crippen LogP contribution in [-0.2, 0) is 0 Å². The average molecular weight is 379 g/mol. The highest BCUT2D eigenvalue weighted by Crippen LogP contribution is 2.31. The van der Waals surface area contributed by atoms with E-state index in [9.17, 15) is 25.0 Å². The van der Waals surface area contributed by atoms with Crippen LogP contribution >= 0.6 is 0 Å². The number of nitro groups is 2. The van der Waals surface area contributed by atoms with E-state index in [1.165, 1.54) is 0 Å². The molecule has 3 aromatic rings. The van der Waals surface area contributed by atoms with Crippen molar-refractivity contribution in [3.05, 3.63) is 98.6 Å². The SMILES string of the molecule is O=C(Nc1ccccc1Oc1ccccc1)c1ccc([N+](=O)[O-])cc1[N+](=O)[O-]. The summed E-state index contributed by atoms with van der Waals surface area (Å²) in [5.41, 5.74) is -1.14. The number of benzene rings is 3. The summed E-state index contributed by atoms with van der Waals surface area (Å²) in [4.78, 5) is 33.1. The monoisotopic (exact) mass is 379 g/mol. The predicted molar refractivity (Wildman–Crippen MR) is 101 cm³/mol. The molecule has 9 nitrogen and oxygen atoms in total. The fraction of sp³-hybridized carbons (Fsp3) is 0. The highest BCUT2D eigenvalue weighted by Gasteiger charge is 2.24. The van der Waals surface area contributed by atoms with Crippen LogP contribution in [0, 0.1) is 20.2 Å². The predicted octanol–water partition coefficient (Wildman–Crippen LogP) is 4.55. The Morgan fingerprint density at radius 3 is 2.21 bits per heavy atom. The van der Waals surface area contributed by atoms with Crippen molar-refractivity contribution in [1.82, 2.24) is 0 Å². The summed E-state index contributed by atoms with van der Waals surface area (Å²) in [7, 11) is 0. The Kier molecular flexibility index (Phi) is 5.26. The van der Waals surface area contributed by atoms with Crippen molar-refractivity contribution in [3.63, 3.8) is 0 Å². The van der Waals surface area contributed by atoms with E-state index in [2.05, 4.69) is 5.32 Å². The molecule has 28 heavy (non-hydrogen) atoms. The van der Waals surface area contributed by atoms with Crippen LogP contribution < -0.4 is 10.1 Å². The first-order valence-corrected chi connectivity index (χ1v) is 8.02. The number of ether oxygens (including phenoxy) is 1. The van der Waals surface area contributed by atoms with Gasteiger partial charge in [0.05, 0.1) is 21.6 Å². The number of hydrogen-bond acceptors (Lipinski definition) is 6. The Morgan fingerprint density at radius 2 is 1.54 bits per heavy atom. The quantitative estimate of drug-likeness (QED) is 0.495. The maximum atomic E-state index is 12.6. The Balaban J connectivity index is 1.90. The van der Waals surface area contributed by atoms with Crippen molar-refractivity contribution in [2.75, 3.05) is 5.32 Å². The molecular formula is C19H13N3O6. The van der Waals surface area contributed by atoms with Gasteiger partial charge in [-0.05, 0) is 30.3 Å². The van der Waals surface area contributed by atoms with E-state index in [0.717, 1.165) is 18.2 Å². The largest absolute Gasteiger partial charge is 0.455 e. The summed E-state index contributed by atoms with van der Waals surface area (Å²) >= 11 is 0. The minimum absolute atomic E-state index is 0.295. The van der Waals surface area contributed by atoms with E-state index in [1.807, 2.05) is 6.07 Å². The van der Waals surface area contributed by atoms with Crippen LogP contribution in [0.25, 0.3) is 0 Å². The number of non-ortho nitro benzene ring substituents is 1. The van der Waals surface area contributed by atoms with E-state index in [-0.39, 0.29) is 5.56 Å². The van der Waals surface area contributed by atoms with Crippen molar-refractivity contribution < 1.29 is 19.4 Å². The fourth-order valence-electron chi connectivity index (χ4n) is 2.44. The molecule has 0 aliphatic carbocycles. The first kappa shape index (κ1) is 18.5. The maximum absolute atomic E-state index is 12.6. The van der Waals surface area contributed by atoms with E-state index in [1.54, 1.807) is 48.5 Å². The van der Waals surface area contributed by atoms with Crippen LogP contribution in [0.5, 0.6) is 11.5 Å². The summed E-state index contributed by atoms with van der Waals surface area (Å²) in [5, 5.41) is 24.6. The summed E-state index contributed by atoms with van der Waals surface area (Å²) in [6, 6.07) is 18.3. The van der Waals surface area contributed by atoms with Gasteiger partial charge in [0.15, 0.2) is 5.75 Å². The highest BCUT2D eigenvalue weighted by molar-refractivity contribution is 6.07. The molecule has 0 fully saturated rings. The Hall–Kier alpha value is -4.27. The Bertz CT molecular complexity index is 1050. The second-order valence-electron chi connectivity index (χ2n) is 5.58. The van der Waals surface area contributed by atoms with Gasteiger partial charge in [0.1, 0.15) is 11.3 Å². The molecule has 1 amide bonds. The molecule has 0 unspecified atom stereocenters. The first-order valence-electron chi connectivity index (χ1n) is 8.02. The van der Waals surface area contributed by atoms with Gasteiger partial charge < -0.3 is 10.1 Å². The van der Waals surface area contributed by atoms with Gasteiger partial charge in [-0.15, -0.1) is 0 Å². The van der Waals surface area contributed by atoms with Gasteiger partial charge in [-0.2, -0.15) is 0 Å². The number of nitro benzene ring substituents is 2. The van der Waals surface area contributed by atoms with Crippen molar-refractivity contribution in [2.24, 2.45) is 0 Å². The average Bonchev–Trinajstić information content (AvgIpc) is 2.69. The molecule has 0 aromatic heterocycles. The van der Waals surface area contributed by atoms with Crippen molar-refractivity contribution >= 4 is 23.0 Å². The number of carbonyl (C=O) groups is 1. The lowest BCUT2D eigenvalue weighted by Gasteiger charge is -2.12. The van der Waals surface area contributed by atoms with Gasteiger partial charge in [0.25, 0.3) is 17.3 Å². The molecule has 0 bridgehead atoms. The molecule has 0 atom stereocenters. The number of carbonyl (C=O) groups excluding carboxylic acids is 1. The highest BCUT2D eigenvalue weighted by atomic mass is 16.6. The van der Waals surface area contributed by atoms with E-state index < -0.39 is 27.1 Å². The van der Waals surface area contributed by atoms with Crippen LogP contribution in [-0.4, -0.2) is 15.8 Å². The number of rotatable bonds is 6. The molecule has 0 saturated heterocycles. The topological polar surface area (TPSA) is 125 Å². The number of nitrogens with one attached hydrogen (secondary N) is 1. The van der Waals surface area contributed by atoms with Gasteiger partial charge in [0.2, 0.25) is 0 Å². The molecule has 0 heterocycles. The molecule has 0 saturated carbocycles. The zero-order valence-electron chi connectivity index (χ0n) is 14.3. The van der Waals surface area contributed by atoms with Crippen LogP contribution in [0.3, 0.4) is 0 Å². The lowest BCUT2D eigenvalue weighted by atomic mass is 10.1. The Morgan fingerprint density at radius 1 is 0.857 bits per heavy atom. The Labute approximate surface area is 158 Å². The summed E-state index contributed by atoms with van der Waals surface area (Å²) in [6.07, 6.45) is 0. The summed E-state index contributed by atoms with van der Waals surface area (Å²) in [6.45, 7) is 0. The molecule has 3 aromatic carbocycles. The van der Waals surface area contributed by atoms with Gasteiger partial charge in [-0.3, -0.25) is 25.0 Å². The zero-order valence-corrected chi connectivity index (χ0v) is 14.3. The lowest BCUT2D eigenvalue weighted by Crippen LogP contribution is -2.14. The minimum atomic E-state index is -0.839. The fourth-order valence-corrected chi connectivity index (χ4v) is 2.44. The molecule has 1 N–H and O–H groups in total. The molecular weight excluding hydrogens is 366 g/mol. The molecule has 9 heteroatoms. The molecule has 0 radical (unpaired) electrons. The van der Waals surface area contributed by atoms with Crippen LogP contribution in [0.15, 0.2) is 72.8 Å². The van der Waals surface area contributed by atoms with Crippen molar-refractivity contribution in [1.29, 1.82) is 0 Å². The minimum Gasteiger partial charge on any atom is -0.455 e. The van der Waals surface area contributed by atoms with Gasteiger partial charge in [-0.25, -0.2) is 0 Å². The summed E-state index contributed by atoms with van der Waals surface area (Å²) < 4.78 is 5.74. The normalized spacial score (nSPS) is 10.1. The molecule has 0 aliphatic heterocycles. The van der Waals surface area contributed by atoms with E-state index >= 15 is 0 Å². The number of anilines is 1. The number of hydrogen-bond donors (Lipinski definition) is 1. The van der Waals surface area contributed by atoms with Crippen LogP contribution in [0.1, 0.15) is 10.4 Å². The third kappa shape index (κ3) is 4.10. The third-order valence-electron chi connectivity index (χ3n) is 3.74. The van der Waals surface area contributed by atoms with Gasteiger partial charge in [0, 0.05) is 6.07 Å². The van der Waals surface area contributed by atoms with E-state index in [0.29, 0.717) is 17.2 Å². The second-order valence-corrected chi connectivity index (χ2v) is 5.58. The second kappa shape index (κ2) is 7.96. The maximum Gasteiger partial charge on any atom is 0.289 e. The molecule has 0 aliphatic rings.